The van der Waals surface area contributed by atoms with E-state index in [4.69, 9.17) is 0 Å². The molecule has 3 aromatic carbocycles. The number of hydrogen-bond donors (Lipinski definition) is 0. The fourth-order valence-corrected chi connectivity index (χ4v) is 7.40. The Morgan fingerprint density at radius 1 is 0.610 bits per heavy atom. The maximum absolute atomic E-state index is 9.62. The van der Waals surface area contributed by atoms with Crippen molar-refractivity contribution in [2.45, 2.75) is 52.4 Å². The Morgan fingerprint density at radius 2 is 1.12 bits per heavy atom. The van der Waals surface area contributed by atoms with E-state index in [0.717, 1.165) is 36.5 Å². The SMILES string of the molecule is CC(C)(C)c1ccc(N(c2ccc(C(C)(C)C)cc2)c2ccc3c(c2)sc2cc(C(C#N)=C(C#N)C#N)sc23)cc1. The lowest BCUT2D eigenvalue weighted by Crippen LogP contribution is -2.14. The number of anilines is 3. The van der Waals surface area contributed by atoms with Gasteiger partial charge in [-0.25, -0.2) is 0 Å². The van der Waals surface area contributed by atoms with E-state index in [1.54, 1.807) is 11.3 Å². The standard InChI is InChI=1S/C35H30N4S2/c1-34(2,3)23-7-11-25(12-8-23)39(26-13-9-24(10-14-26)35(4,5)6)27-15-16-28-30(17-27)40-32-18-31(41-33(28)32)29(21-38)22(19-36)20-37/h7-18H,1-6H3. The summed E-state index contributed by atoms with van der Waals surface area (Å²) < 4.78 is 3.24. The van der Waals surface area contributed by atoms with Gasteiger partial charge in [-0.3, -0.25) is 0 Å². The molecule has 0 radical (unpaired) electrons. The average Bonchev–Trinajstić information content (AvgIpc) is 3.49. The predicted octanol–water partition coefficient (Wildman–Crippen LogP) is 10.5. The van der Waals surface area contributed by atoms with Gasteiger partial charge in [-0.2, -0.15) is 15.8 Å². The molecule has 6 heteroatoms. The van der Waals surface area contributed by atoms with Gasteiger partial charge in [0.2, 0.25) is 0 Å². The van der Waals surface area contributed by atoms with Gasteiger partial charge >= 0.3 is 0 Å². The Morgan fingerprint density at radius 3 is 1.59 bits per heavy atom. The number of nitriles is 3. The van der Waals surface area contributed by atoms with Gasteiger partial charge < -0.3 is 4.90 Å². The van der Waals surface area contributed by atoms with Crippen LogP contribution in [0.1, 0.15) is 57.5 Å². The zero-order chi connectivity index (χ0) is 29.5. The van der Waals surface area contributed by atoms with Crippen molar-refractivity contribution in [3.63, 3.8) is 0 Å². The van der Waals surface area contributed by atoms with E-state index in [-0.39, 0.29) is 22.0 Å². The van der Waals surface area contributed by atoms with E-state index >= 15 is 0 Å². The third kappa shape index (κ3) is 5.36. The van der Waals surface area contributed by atoms with Gasteiger partial charge in [-0.05, 0) is 64.4 Å². The van der Waals surface area contributed by atoms with Crippen LogP contribution < -0.4 is 4.90 Å². The van der Waals surface area contributed by atoms with Crippen LogP contribution in [0.15, 0.2) is 78.4 Å². The lowest BCUT2D eigenvalue weighted by molar-refractivity contribution is 0.590. The van der Waals surface area contributed by atoms with Crippen LogP contribution in [0.3, 0.4) is 0 Å². The predicted molar refractivity (Wildman–Crippen MR) is 173 cm³/mol. The summed E-state index contributed by atoms with van der Waals surface area (Å²) in [6, 6.07) is 31.8. The van der Waals surface area contributed by atoms with E-state index in [9.17, 15) is 15.8 Å². The molecule has 0 aliphatic carbocycles. The summed E-state index contributed by atoms with van der Waals surface area (Å²) in [6.07, 6.45) is 0. The van der Waals surface area contributed by atoms with Gasteiger partial charge in [-0.1, -0.05) is 71.9 Å². The fourth-order valence-electron chi connectivity index (χ4n) is 4.84. The molecular weight excluding hydrogens is 541 g/mol. The smallest absolute Gasteiger partial charge is 0.148 e. The monoisotopic (exact) mass is 570 g/mol. The average molecular weight is 571 g/mol. The number of fused-ring (bicyclic) bond motifs is 3. The van der Waals surface area contributed by atoms with E-state index in [1.807, 2.05) is 24.3 Å². The molecule has 0 saturated carbocycles. The second-order valence-electron chi connectivity index (χ2n) is 12.1. The van der Waals surface area contributed by atoms with Gasteiger partial charge in [0.15, 0.2) is 0 Å². The summed E-state index contributed by atoms with van der Waals surface area (Å²) in [5.74, 6) is 0. The van der Waals surface area contributed by atoms with Crippen LogP contribution >= 0.6 is 22.7 Å². The summed E-state index contributed by atoms with van der Waals surface area (Å²) in [5.41, 5.74) is 5.94. The highest BCUT2D eigenvalue weighted by Gasteiger charge is 2.20. The number of nitrogens with zero attached hydrogens (tertiary/aromatic N) is 4. The molecule has 41 heavy (non-hydrogen) atoms. The van der Waals surface area contributed by atoms with Crippen molar-refractivity contribution >= 4 is 64.8 Å². The quantitative estimate of drug-likeness (QED) is 0.201. The first-order valence-electron chi connectivity index (χ1n) is 13.4. The Kier molecular flexibility index (Phi) is 7.23. The molecule has 0 bridgehead atoms. The van der Waals surface area contributed by atoms with Crippen LogP contribution in [0.2, 0.25) is 0 Å². The van der Waals surface area contributed by atoms with Gasteiger partial charge in [0.25, 0.3) is 0 Å². The molecule has 202 valence electrons. The molecule has 0 aliphatic heterocycles. The molecule has 0 saturated heterocycles. The molecule has 5 aromatic rings. The van der Waals surface area contributed by atoms with Crippen molar-refractivity contribution in [1.82, 2.24) is 0 Å². The Labute approximate surface area is 249 Å². The molecule has 0 spiro atoms. The molecule has 0 fully saturated rings. The molecule has 2 heterocycles. The lowest BCUT2D eigenvalue weighted by atomic mass is 9.86. The van der Waals surface area contributed by atoms with E-state index in [1.165, 1.54) is 22.5 Å². The van der Waals surface area contributed by atoms with Crippen molar-refractivity contribution in [2.24, 2.45) is 0 Å². The second kappa shape index (κ2) is 10.5. The zero-order valence-corrected chi connectivity index (χ0v) is 25.7. The van der Waals surface area contributed by atoms with Crippen molar-refractivity contribution in [2.75, 3.05) is 4.90 Å². The molecule has 4 nitrogen and oxygen atoms in total. The van der Waals surface area contributed by atoms with E-state index in [2.05, 4.69) is 113 Å². The minimum absolute atomic E-state index is 0.0695. The molecule has 0 aliphatic rings. The molecule has 0 amide bonds. The first-order chi connectivity index (χ1) is 19.4. The van der Waals surface area contributed by atoms with Crippen molar-refractivity contribution in [1.29, 1.82) is 15.8 Å². The van der Waals surface area contributed by atoms with Crippen LogP contribution in [0.5, 0.6) is 0 Å². The zero-order valence-electron chi connectivity index (χ0n) is 24.0. The Hall–Kier alpha value is -4.41. The van der Waals surface area contributed by atoms with Crippen LogP contribution in [0.25, 0.3) is 25.1 Å². The Bertz CT molecular complexity index is 1850. The van der Waals surface area contributed by atoms with Gasteiger partial charge in [0.1, 0.15) is 23.8 Å². The minimum Gasteiger partial charge on any atom is -0.310 e. The maximum Gasteiger partial charge on any atom is 0.148 e. The second-order valence-corrected chi connectivity index (χ2v) is 14.2. The largest absolute Gasteiger partial charge is 0.310 e. The highest BCUT2D eigenvalue weighted by molar-refractivity contribution is 7.33. The highest BCUT2D eigenvalue weighted by Crippen LogP contribution is 2.45. The molecule has 0 unspecified atom stereocenters. The molecule has 5 rings (SSSR count). The number of allylic oxidation sites excluding steroid dienone is 2. The van der Waals surface area contributed by atoms with Crippen molar-refractivity contribution in [3.8, 4) is 18.2 Å². The summed E-state index contributed by atoms with van der Waals surface area (Å²) in [5, 5.41) is 29.3. The van der Waals surface area contributed by atoms with Gasteiger partial charge in [0.05, 0.1) is 10.3 Å². The molecule has 0 atom stereocenters. The first kappa shape index (κ1) is 28.1. The van der Waals surface area contributed by atoms with Crippen LogP contribution in [0.4, 0.5) is 17.1 Å². The third-order valence-corrected chi connectivity index (χ3v) is 9.62. The van der Waals surface area contributed by atoms with Gasteiger partial charge in [0, 0.05) is 36.7 Å². The molecule has 2 aromatic heterocycles. The molecular formula is C35H30N4S2. The first-order valence-corrected chi connectivity index (χ1v) is 15.0. The summed E-state index contributed by atoms with van der Waals surface area (Å²) >= 11 is 3.11. The summed E-state index contributed by atoms with van der Waals surface area (Å²) in [4.78, 5) is 2.94. The van der Waals surface area contributed by atoms with Gasteiger partial charge in [-0.15, -0.1) is 22.7 Å². The number of benzene rings is 3. The van der Waals surface area contributed by atoms with Crippen LogP contribution in [-0.4, -0.2) is 0 Å². The summed E-state index contributed by atoms with van der Waals surface area (Å²) in [7, 11) is 0. The van der Waals surface area contributed by atoms with Crippen LogP contribution in [-0.2, 0) is 10.8 Å². The topological polar surface area (TPSA) is 74.6 Å². The minimum atomic E-state index is -0.154. The van der Waals surface area contributed by atoms with E-state index in [0.29, 0.717) is 4.88 Å². The van der Waals surface area contributed by atoms with Crippen molar-refractivity contribution < 1.29 is 0 Å². The summed E-state index contributed by atoms with van der Waals surface area (Å²) in [6.45, 7) is 13.4. The lowest BCUT2D eigenvalue weighted by Gasteiger charge is -2.28. The normalized spacial score (nSPS) is 11.6. The third-order valence-electron chi connectivity index (χ3n) is 7.20. The fraction of sp³-hybridized carbons (Fsp3) is 0.229. The highest BCUT2D eigenvalue weighted by atomic mass is 32.1. The maximum atomic E-state index is 9.62. The number of hydrogen-bond acceptors (Lipinski definition) is 6. The Balaban J connectivity index is 1.63. The van der Waals surface area contributed by atoms with Crippen LogP contribution in [0, 0.1) is 34.0 Å². The number of thiophene rings is 2. The molecule has 0 N–H and O–H groups in total. The van der Waals surface area contributed by atoms with E-state index < -0.39 is 0 Å². The van der Waals surface area contributed by atoms with Crippen molar-refractivity contribution in [3.05, 3.63) is 94.4 Å². The number of rotatable bonds is 4.